The Balaban J connectivity index is 1.78. The van der Waals surface area contributed by atoms with Gasteiger partial charge in [0.2, 0.25) is 0 Å². The Bertz CT molecular complexity index is 1650. The fourth-order valence-corrected chi connectivity index (χ4v) is 4.64. The summed E-state index contributed by atoms with van der Waals surface area (Å²) in [5.74, 6) is 1.69. The minimum Gasteiger partial charge on any atom is -0.456 e. The predicted octanol–water partition coefficient (Wildman–Crippen LogP) is 8.62. The summed E-state index contributed by atoms with van der Waals surface area (Å²) in [4.78, 5) is 4.99. The lowest BCUT2D eigenvalue weighted by atomic mass is 9.92. The molecule has 0 atom stereocenters. The number of nitrogens with zero attached hydrogens (tertiary/aromatic N) is 1. The van der Waals surface area contributed by atoms with Crippen LogP contribution in [0, 0.1) is 13.8 Å². The number of rotatable bonds is 3. The predicted molar refractivity (Wildman–Crippen MR) is 138 cm³/mol. The molecule has 6 aromatic rings. The molecule has 0 radical (unpaired) electrons. The number of ether oxygens (including phenoxy) is 1. The van der Waals surface area contributed by atoms with E-state index in [2.05, 4.69) is 98.8 Å². The molecule has 2 nitrogen and oxygen atoms in total. The van der Waals surface area contributed by atoms with E-state index in [4.69, 9.17) is 9.72 Å². The molecule has 0 N–H and O–H groups in total. The Morgan fingerprint density at radius 1 is 0.636 bits per heavy atom. The molecule has 0 aliphatic carbocycles. The molecule has 0 aliphatic rings. The van der Waals surface area contributed by atoms with Crippen molar-refractivity contribution in [1.29, 1.82) is 0 Å². The van der Waals surface area contributed by atoms with E-state index in [9.17, 15) is 0 Å². The van der Waals surface area contributed by atoms with Gasteiger partial charge in [-0.05, 0) is 53.4 Å². The molecule has 2 heteroatoms. The molecule has 5 aromatic carbocycles. The smallest absolute Gasteiger partial charge is 0.145 e. The highest BCUT2D eigenvalue weighted by atomic mass is 16.5. The van der Waals surface area contributed by atoms with Crippen molar-refractivity contribution in [3.05, 3.63) is 114 Å². The molecule has 0 fully saturated rings. The number of aryl methyl sites for hydroxylation is 2. The average molecular weight is 426 g/mol. The minimum atomic E-state index is 0.838. The van der Waals surface area contributed by atoms with Gasteiger partial charge in [0, 0.05) is 22.5 Å². The molecule has 0 bridgehead atoms. The maximum atomic E-state index is 6.70. The van der Waals surface area contributed by atoms with E-state index in [1.54, 1.807) is 0 Å². The SMILES string of the molecule is Cc1ccc(Oc2c3ccccc3c(-c3ccccc3)c3ncc4ccccc4c23)cc1C. The second kappa shape index (κ2) is 7.75. The van der Waals surface area contributed by atoms with Crippen molar-refractivity contribution in [2.24, 2.45) is 0 Å². The van der Waals surface area contributed by atoms with Crippen LogP contribution in [0.15, 0.2) is 103 Å². The molecule has 0 spiro atoms. The van der Waals surface area contributed by atoms with Gasteiger partial charge < -0.3 is 4.74 Å². The van der Waals surface area contributed by atoms with Crippen LogP contribution in [0.25, 0.3) is 43.6 Å². The number of fused-ring (bicyclic) bond motifs is 4. The maximum Gasteiger partial charge on any atom is 0.145 e. The minimum absolute atomic E-state index is 0.838. The molecule has 6 rings (SSSR count). The summed E-state index contributed by atoms with van der Waals surface area (Å²) in [5.41, 5.74) is 5.71. The van der Waals surface area contributed by atoms with Crippen LogP contribution in [0.3, 0.4) is 0 Å². The summed E-state index contributed by atoms with van der Waals surface area (Å²) in [6.07, 6.45) is 1.97. The molecule has 158 valence electrons. The van der Waals surface area contributed by atoms with Crippen molar-refractivity contribution >= 4 is 32.4 Å². The molecule has 0 unspecified atom stereocenters. The van der Waals surface area contributed by atoms with Crippen LogP contribution in [0.1, 0.15) is 11.1 Å². The Kier molecular flexibility index (Phi) is 4.58. The van der Waals surface area contributed by atoms with Gasteiger partial charge in [0.25, 0.3) is 0 Å². The zero-order valence-electron chi connectivity index (χ0n) is 18.7. The van der Waals surface area contributed by atoms with Crippen LogP contribution >= 0.6 is 0 Å². The maximum absolute atomic E-state index is 6.70. The van der Waals surface area contributed by atoms with E-state index in [0.717, 1.165) is 55.1 Å². The highest BCUT2D eigenvalue weighted by Gasteiger charge is 2.20. The fourth-order valence-electron chi connectivity index (χ4n) is 4.64. The van der Waals surface area contributed by atoms with Crippen LogP contribution < -0.4 is 4.74 Å². The lowest BCUT2D eigenvalue weighted by Crippen LogP contribution is -1.95. The van der Waals surface area contributed by atoms with E-state index in [-0.39, 0.29) is 0 Å². The molecule has 33 heavy (non-hydrogen) atoms. The molecule has 0 saturated heterocycles. The molecule has 0 aliphatic heterocycles. The number of benzene rings is 5. The largest absolute Gasteiger partial charge is 0.456 e. The average Bonchev–Trinajstić information content (AvgIpc) is 2.86. The van der Waals surface area contributed by atoms with Gasteiger partial charge in [-0.1, -0.05) is 84.9 Å². The summed E-state index contributed by atoms with van der Waals surface area (Å²) in [5, 5.41) is 5.51. The lowest BCUT2D eigenvalue weighted by molar-refractivity contribution is 0.493. The van der Waals surface area contributed by atoms with E-state index >= 15 is 0 Å². The van der Waals surface area contributed by atoms with Crippen molar-refractivity contribution in [3.63, 3.8) is 0 Å². The summed E-state index contributed by atoms with van der Waals surface area (Å²) in [6, 6.07) is 33.7. The van der Waals surface area contributed by atoms with Crippen LogP contribution in [-0.2, 0) is 0 Å². The molecule has 1 heterocycles. The van der Waals surface area contributed by atoms with E-state index in [1.807, 2.05) is 18.3 Å². The Hall–Kier alpha value is -4.17. The topological polar surface area (TPSA) is 22.1 Å². The van der Waals surface area contributed by atoms with Gasteiger partial charge in [0.05, 0.1) is 10.9 Å². The number of hydrogen-bond acceptors (Lipinski definition) is 2. The first-order valence-corrected chi connectivity index (χ1v) is 11.2. The van der Waals surface area contributed by atoms with Gasteiger partial charge in [-0.15, -0.1) is 0 Å². The normalized spacial score (nSPS) is 11.3. The quantitative estimate of drug-likeness (QED) is 0.209. The molecular formula is C31H23NO. The standard InChI is InChI=1S/C31H23NO/c1-20-16-17-24(18-21(20)2)33-31-27-15-9-8-14-26(27)28(22-10-4-3-5-11-22)30-29(31)25-13-7-6-12-23(25)19-32-30/h3-19H,1-2H3. The van der Waals surface area contributed by atoms with Crippen LogP contribution in [0.4, 0.5) is 0 Å². The third-order valence-corrected chi connectivity index (χ3v) is 6.47. The Labute approximate surface area is 193 Å². The third-order valence-electron chi connectivity index (χ3n) is 6.47. The van der Waals surface area contributed by atoms with Crippen molar-refractivity contribution in [1.82, 2.24) is 4.98 Å². The zero-order valence-corrected chi connectivity index (χ0v) is 18.7. The van der Waals surface area contributed by atoms with E-state index < -0.39 is 0 Å². The monoisotopic (exact) mass is 425 g/mol. The highest BCUT2D eigenvalue weighted by molar-refractivity contribution is 6.22. The van der Waals surface area contributed by atoms with Crippen molar-refractivity contribution < 1.29 is 4.74 Å². The first kappa shape index (κ1) is 19.5. The number of pyridine rings is 1. The summed E-state index contributed by atoms with van der Waals surface area (Å²) in [7, 11) is 0. The Morgan fingerprint density at radius 3 is 2.12 bits per heavy atom. The summed E-state index contributed by atoms with van der Waals surface area (Å²) < 4.78 is 6.70. The molecular weight excluding hydrogens is 402 g/mol. The second-order valence-electron chi connectivity index (χ2n) is 8.53. The van der Waals surface area contributed by atoms with E-state index in [0.29, 0.717) is 0 Å². The van der Waals surface area contributed by atoms with Gasteiger partial charge >= 0.3 is 0 Å². The first-order valence-electron chi connectivity index (χ1n) is 11.2. The van der Waals surface area contributed by atoms with Gasteiger partial charge in [0.1, 0.15) is 11.5 Å². The molecule has 0 amide bonds. The number of hydrogen-bond donors (Lipinski definition) is 0. The van der Waals surface area contributed by atoms with Crippen molar-refractivity contribution in [3.8, 4) is 22.6 Å². The highest BCUT2D eigenvalue weighted by Crippen LogP contribution is 2.46. The van der Waals surface area contributed by atoms with Crippen molar-refractivity contribution in [2.45, 2.75) is 13.8 Å². The number of aromatic nitrogens is 1. The zero-order chi connectivity index (χ0) is 22.4. The van der Waals surface area contributed by atoms with E-state index in [1.165, 1.54) is 11.1 Å². The molecule has 1 aromatic heterocycles. The second-order valence-corrected chi connectivity index (χ2v) is 8.53. The first-order chi connectivity index (χ1) is 16.2. The summed E-state index contributed by atoms with van der Waals surface area (Å²) in [6.45, 7) is 4.24. The van der Waals surface area contributed by atoms with Crippen LogP contribution in [0.2, 0.25) is 0 Å². The van der Waals surface area contributed by atoms with Gasteiger partial charge in [-0.25, -0.2) is 0 Å². The van der Waals surface area contributed by atoms with Gasteiger partial charge in [-0.3, -0.25) is 4.98 Å². The van der Waals surface area contributed by atoms with Gasteiger partial charge in [0.15, 0.2) is 0 Å². The third kappa shape index (κ3) is 3.23. The van der Waals surface area contributed by atoms with Crippen LogP contribution in [0.5, 0.6) is 11.5 Å². The van der Waals surface area contributed by atoms with Gasteiger partial charge in [-0.2, -0.15) is 0 Å². The van der Waals surface area contributed by atoms with Crippen molar-refractivity contribution in [2.75, 3.05) is 0 Å². The fraction of sp³-hybridized carbons (Fsp3) is 0.0645. The molecule has 0 saturated carbocycles. The summed E-state index contributed by atoms with van der Waals surface area (Å²) >= 11 is 0. The Morgan fingerprint density at radius 2 is 1.33 bits per heavy atom. The van der Waals surface area contributed by atoms with Crippen LogP contribution in [-0.4, -0.2) is 4.98 Å². The lowest BCUT2D eigenvalue weighted by Gasteiger charge is -2.18.